The summed E-state index contributed by atoms with van der Waals surface area (Å²) >= 11 is 3.46. The molecule has 2 aromatic rings. The van der Waals surface area contributed by atoms with Crippen LogP contribution >= 0.6 is 15.9 Å². The van der Waals surface area contributed by atoms with Gasteiger partial charge in [0.1, 0.15) is 17.4 Å². The van der Waals surface area contributed by atoms with E-state index in [0.717, 1.165) is 47.5 Å². The molecule has 0 saturated carbocycles. The zero-order valence-electron chi connectivity index (χ0n) is 10.9. The second-order valence-corrected chi connectivity index (χ2v) is 5.60. The SMILES string of the molecule is C=CCCCCCC(O)c1cc2cccc(Br)c2o1. The highest BCUT2D eigenvalue weighted by molar-refractivity contribution is 9.10. The summed E-state index contributed by atoms with van der Waals surface area (Å²) in [6.45, 7) is 3.70. The van der Waals surface area contributed by atoms with Crippen LogP contribution in [0, 0.1) is 0 Å². The molecule has 0 bridgehead atoms. The fourth-order valence-corrected chi connectivity index (χ4v) is 2.62. The Hall–Kier alpha value is -1.06. The van der Waals surface area contributed by atoms with Gasteiger partial charge in [-0.15, -0.1) is 6.58 Å². The van der Waals surface area contributed by atoms with E-state index in [-0.39, 0.29) is 0 Å². The minimum atomic E-state index is -0.511. The standard InChI is InChI=1S/C16H19BrO2/c1-2-3-4-5-6-10-14(18)15-11-12-8-7-9-13(17)16(12)19-15/h2,7-9,11,14,18H,1,3-6,10H2. The molecule has 0 spiro atoms. The maximum atomic E-state index is 10.1. The van der Waals surface area contributed by atoms with Gasteiger partial charge in [0.05, 0.1) is 4.47 Å². The smallest absolute Gasteiger partial charge is 0.148 e. The first kappa shape index (κ1) is 14.4. The van der Waals surface area contributed by atoms with E-state index in [4.69, 9.17) is 4.42 Å². The number of hydrogen-bond donors (Lipinski definition) is 1. The molecule has 0 saturated heterocycles. The van der Waals surface area contributed by atoms with Gasteiger partial charge in [0.25, 0.3) is 0 Å². The number of furan rings is 1. The lowest BCUT2D eigenvalue weighted by molar-refractivity contribution is 0.139. The Bertz CT molecular complexity index is 545. The number of allylic oxidation sites excluding steroid dienone is 1. The van der Waals surface area contributed by atoms with Crippen molar-refractivity contribution in [2.75, 3.05) is 0 Å². The summed E-state index contributed by atoms with van der Waals surface area (Å²) in [6, 6.07) is 7.82. The average molecular weight is 323 g/mol. The lowest BCUT2D eigenvalue weighted by Gasteiger charge is -2.06. The summed E-state index contributed by atoms with van der Waals surface area (Å²) in [5, 5.41) is 11.2. The maximum absolute atomic E-state index is 10.1. The Morgan fingerprint density at radius 3 is 2.89 bits per heavy atom. The van der Waals surface area contributed by atoms with Gasteiger partial charge >= 0.3 is 0 Å². The molecule has 0 radical (unpaired) electrons. The molecule has 0 fully saturated rings. The molecule has 1 unspecified atom stereocenters. The van der Waals surface area contributed by atoms with Crippen molar-refractivity contribution in [3.8, 4) is 0 Å². The first-order valence-electron chi connectivity index (χ1n) is 6.69. The molecule has 2 nitrogen and oxygen atoms in total. The predicted octanol–water partition coefficient (Wildman–Crippen LogP) is 5.37. The van der Waals surface area contributed by atoms with Gasteiger partial charge < -0.3 is 9.52 Å². The van der Waals surface area contributed by atoms with Gasteiger partial charge in [-0.3, -0.25) is 0 Å². The molecule has 1 aromatic heterocycles. The first-order valence-corrected chi connectivity index (χ1v) is 7.48. The van der Waals surface area contributed by atoms with Crippen LogP contribution in [0.3, 0.4) is 0 Å². The third-order valence-corrected chi connectivity index (χ3v) is 3.85. The van der Waals surface area contributed by atoms with E-state index >= 15 is 0 Å². The molecule has 0 amide bonds. The lowest BCUT2D eigenvalue weighted by Crippen LogP contribution is -1.95. The topological polar surface area (TPSA) is 33.4 Å². The van der Waals surface area contributed by atoms with Crippen LogP contribution in [-0.4, -0.2) is 5.11 Å². The van der Waals surface area contributed by atoms with Gasteiger partial charge in [-0.25, -0.2) is 0 Å². The van der Waals surface area contributed by atoms with Crippen molar-refractivity contribution >= 4 is 26.9 Å². The Balaban J connectivity index is 1.95. The number of fused-ring (bicyclic) bond motifs is 1. The van der Waals surface area contributed by atoms with Gasteiger partial charge in [0.15, 0.2) is 0 Å². The molecule has 0 aliphatic heterocycles. The van der Waals surface area contributed by atoms with E-state index in [1.807, 2.05) is 30.3 Å². The summed E-state index contributed by atoms with van der Waals surface area (Å²) in [6.07, 6.45) is 6.49. The van der Waals surface area contributed by atoms with Crippen molar-refractivity contribution in [1.29, 1.82) is 0 Å². The van der Waals surface area contributed by atoms with Crippen LogP contribution in [0.1, 0.15) is 44.0 Å². The van der Waals surface area contributed by atoms with Crippen LogP contribution in [-0.2, 0) is 0 Å². The minimum Gasteiger partial charge on any atom is -0.457 e. The van der Waals surface area contributed by atoms with Crippen LogP contribution < -0.4 is 0 Å². The molecule has 102 valence electrons. The van der Waals surface area contributed by atoms with E-state index in [0.29, 0.717) is 5.76 Å². The molecular weight excluding hydrogens is 304 g/mol. The third kappa shape index (κ3) is 3.71. The van der Waals surface area contributed by atoms with Crippen LogP contribution in [0.25, 0.3) is 11.0 Å². The van der Waals surface area contributed by atoms with Crippen molar-refractivity contribution in [3.05, 3.63) is 47.2 Å². The van der Waals surface area contributed by atoms with E-state index in [2.05, 4.69) is 22.5 Å². The highest BCUT2D eigenvalue weighted by atomic mass is 79.9. The molecule has 19 heavy (non-hydrogen) atoms. The number of hydrogen-bond acceptors (Lipinski definition) is 2. The fraction of sp³-hybridized carbons (Fsp3) is 0.375. The average Bonchev–Trinajstić information content (AvgIpc) is 2.84. The Labute approximate surface area is 122 Å². The molecule has 0 aliphatic carbocycles. The van der Waals surface area contributed by atoms with Crippen LogP contribution in [0.2, 0.25) is 0 Å². The summed E-state index contributed by atoms with van der Waals surface area (Å²) < 4.78 is 6.65. The molecule has 0 aliphatic rings. The van der Waals surface area contributed by atoms with Crippen LogP contribution in [0.4, 0.5) is 0 Å². The molecule has 3 heteroatoms. The molecular formula is C16H19BrO2. The second-order valence-electron chi connectivity index (χ2n) is 4.75. The zero-order chi connectivity index (χ0) is 13.7. The van der Waals surface area contributed by atoms with Crippen LogP contribution in [0.15, 0.2) is 45.8 Å². The van der Waals surface area contributed by atoms with Crippen molar-refractivity contribution in [3.63, 3.8) is 0 Å². The summed E-state index contributed by atoms with van der Waals surface area (Å²) in [5.74, 6) is 0.658. The Morgan fingerprint density at radius 1 is 1.32 bits per heavy atom. The Morgan fingerprint density at radius 2 is 2.16 bits per heavy atom. The van der Waals surface area contributed by atoms with Crippen LogP contribution in [0.5, 0.6) is 0 Å². The highest BCUT2D eigenvalue weighted by Crippen LogP contribution is 2.31. The zero-order valence-corrected chi connectivity index (χ0v) is 12.5. The van der Waals surface area contributed by atoms with Crippen molar-refractivity contribution < 1.29 is 9.52 Å². The molecule has 1 N–H and O–H groups in total. The van der Waals surface area contributed by atoms with Crippen molar-refractivity contribution in [2.24, 2.45) is 0 Å². The van der Waals surface area contributed by atoms with Gasteiger partial charge in [-0.2, -0.15) is 0 Å². The summed E-state index contributed by atoms with van der Waals surface area (Å²) in [7, 11) is 0. The first-order chi connectivity index (χ1) is 9.22. The van der Waals surface area contributed by atoms with E-state index in [1.54, 1.807) is 0 Å². The van der Waals surface area contributed by atoms with Gasteiger partial charge in [-0.1, -0.05) is 31.1 Å². The minimum absolute atomic E-state index is 0.511. The second kappa shape index (κ2) is 6.92. The number of rotatable bonds is 7. The summed E-state index contributed by atoms with van der Waals surface area (Å²) in [4.78, 5) is 0. The highest BCUT2D eigenvalue weighted by Gasteiger charge is 2.14. The molecule has 2 rings (SSSR count). The normalized spacial score (nSPS) is 12.7. The van der Waals surface area contributed by atoms with Crippen molar-refractivity contribution in [1.82, 2.24) is 0 Å². The lowest BCUT2D eigenvalue weighted by atomic mass is 10.1. The largest absolute Gasteiger partial charge is 0.457 e. The summed E-state index contributed by atoms with van der Waals surface area (Å²) in [5.41, 5.74) is 0.809. The third-order valence-electron chi connectivity index (χ3n) is 3.23. The van der Waals surface area contributed by atoms with E-state index in [1.165, 1.54) is 0 Å². The monoisotopic (exact) mass is 322 g/mol. The maximum Gasteiger partial charge on any atom is 0.148 e. The predicted molar refractivity (Wildman–Crippen MR) is 82.2 cm³/mol. The van der Waals surface area contributed by atoms with Gasteiger partial charge in [-0.05, 0) is 47.3 Å². The van der Waals surface area contributed by atoms with E-state index in [9.17, 15) is 5.11 Å². The molecule has 1 atom stereocenters. The number of benzene rings is 1. The number of halogens is 1. The quantitative estimate of drug-likeness (QED) is 0.549. The van der Waals surface area contributed by atoms with Crippen molar-refractivity contribution in [2.45, 2.75) is 38.2 Å². The number of aliphatic hydroxyl groups excluding tert-OH is 1. The number of para-hydroxylation sites is 1. The van der Waals surface area contributed by atoms with Gasteiger partial charge in [0.2, 0.25) is 0 Å². The number of unbranched alkanes of at least 4 members (excludes halogenated alkanes) is 3. The van der Waals surface area contributed by atoms with E-state index < -0.39 is 6.10 Å². The fourth-order valence-electron chi connectivity index (χ4n) is 2.16. The molecule has 1 aromatic carbocycles. The molecule has 1 heterocycles. The Kier molecular flexibility index (Phi) is 5.23. The van der Waals surface area contributed by atoms with Gasteiger partial charge in [0, 0.05) is 5.39 Å². The number of aliphatic hydroxyl groups is 1.